The van der Waals surface area contributed by atoms with E-state index in [0.717, 1.165) is 5.56 Å². The second-order valence-electron chi connectivity index (χ2n) is 10.1. The summed E-state index contributed by atoms with van der Waals surface area (Å²) < 4.78 is 10.8. The van der Waals surface area contributed by atoms with Crippen molar-refractivity contribution in [3.8, 4) is 11.4 Å². The minimum Gasteiger partial charge on any atom is -0.464 e. The Morgan fingerprint density at radius 2 is 1.97 bits per heavy atom. The van der Waals surface area contributed by atoms with Crippen molar-refractivity contribution in [3.63, 3.8) is 0 Å². The summed E-state index contributed by atoms with van der Waals surface area (Å²) in [5.41, 5.74) is -1.11. The second kappa shape index (κ2) is 9.71. The molecule has 0 bridgehead atoms. The number of aromatic nitrogens is 4. The third-order valence-corrected chi connectivity index (χ3v) is 6.28. The van der Waals surface area contributed by atoms with Gasteiger partial charge < -0.3 is 14.8 Å². The van der Waals surface area contributed by atoms with Gasteiger partial charge in [0.05, 0.1) is 12.6 Å². The van der Waals surface area contributed by atoms with Crippen molar-refractivity contribution in [2.75, 3.05) is 13.2 Å². The van der Waals surface area contributed by atoms with Crippen molar-refractivity contribution in [3.05, 3.63) is 43.0 Å². The zero-order valence-corrected chi connectivity index (χ0v) is 21.0. The lowest BCUT2D eigenvalue weighted by Crippen LogP contribution is -2.53. The van der Waals surface area contributed by atoms with E-state index in [1.54, 1.807) is 33.8 Å². The second-order valence-corrected chi connectivity index (χ2v) is 10.1. The number of rotatable bonds is 7. The number of nitrogens with zero attached hydrogens (tertiary/aromatic N) is 5. The van der Waals surface area contributed by atoms with Crippen LogP contribution in [0.15, 0.2) is 43.0 Å². The number of hydrogen-bond donors (Lipinski definition) is 1. The van der Waals surface area contributed by atoms with Crippen molar-refractivity contribution in [1.82, 2.24) is 30.4 Å². The Labute approximate surface area is 209 Å². The molecule has 1 aliphatic heterocycles. The number of esters is 1. The molecule has 1 aromatic carbocycles. The Hall–Kier alpha value is -3.76. The number of ether oxygens (including phenoxy) is 2. The van der Waals surface area contributed by atoms with Crippen LogP contribution in [0.25, 0.3) is 11.4 Å². The van der Waals surface area contributed by atoms with Crippen molar-refractivity contribution in [1.29, 1.82) is 0 Å². The molecule has 2 heterocycles. The van der Waals surface area contributed by atoms with E-state index in [1.807, 2.05) is 30.3 Å². The van der Waals surface area contributed by atoms with E-state index >= 15 is 0 Å². The van der Waals surface area contributed by atoms with E-state index in [4.69, 9.17) is 9.47 Å². The third kappa shape index (κ3) is 5.09. The van der Waals surface area contributed by atoms with Crippen molar-refractivity contribution in [2.24, 2.45) is 5.92 Å². The standard InChI is InChI=1S/C25H32N6O5/c1-6-17-14-25(17,22(33)35-7-2)26-21(32)19-13-18(15-30(19)23(34)36-24(3,4)5)31-28-20(27-29-31)16-11-9-8-10-12-16/h6,8-12,17-19H,1,7,13-15H2,2-5H3,(H,26,32)/t17?,18-,19+,25-/m1/s1. The maximum absolute atomic E-state index is 13.5. The van der Waals surface area contributed by atoms with Crippen LogP contribution in [0.1, 0.15) is 46.6 Å². The van der Waals surface area contributed by atoms with Crippen LogP contribution in [0.3, 0.4) is 0 Å². The molecule has 1 aliphatic carbocycles. The fourth-order valence-corrected chi connectivity index (χ4v) is 4.40. The van der Waals surface area contributed by atoms with E-state index in [1.165, 1.54) is 9.70 Å². The smallest absolute Gasteiger partial charge is 0.411 e. The first kappa shape index (κ1) is 25.3. The van der Waals surface area contributed by atoms with Crippen LogP contribution in [0, 0.1) is 5.92 Å². The normalized spacial score (nSPS) is 25.2. The summed E-state index contributed by atoms with van der Waals surface area (Å²) in [7, 11) is 0. The highest BCUT2D eigenvalue weighted by Crippen LogP contribution is 2.46. The molecular weight excluding hydrogens is 464 g/mol. The van der Waals surface area contributed by atoms with Crippen LogP contribution in [0.5, 0.6) is 0 Å². The number of amides is 2. The molecule has 2 amide bonds. The quantitative estimate of drug-likeness (QED) is 0.457. The van der Waals surface area contributed by atoms with Gasteiger partial charge in [-0.15, -0.1) is 16.8 Å². The Kier molecular flexibility index (Phi) is 6.83. The average molecular weight is 497 g/mol. The van der Waals surface area contributed by atoms with E-state index in [-0.39, 0.29) is 25.5 Å². The molecular formula is C25H32N6O5. The molecule has 1 aromatic heterocycles. The molecule has 11 nitrogen and oxygen atoms in total. The molecule has 1 N–H and O–H groups in total. The number of hydrogen-bond acceptors (Lipinski definition) is 8. The molecule has 36 heavy (non-hydrogen) atoms. The van der Waals surface area contributed by atoms with Crippen LogP contribution in [0.2, 0.25) is 0 Å². The van der Waals surface area contributed by atoms with Crippen molar-refractivity contribution < 1.29 is 23.9 Å². The molecule has 0 spiro atoms. The van der Waals surface area contributed by atoms with Gasteiger partial charge in [0.1, 0.15) is 17.2 Å². The number of carbonyl (C=O) groups is 3. The fourth-order valence-electron chi connectivity index (χ4n) is 4.40. The topological polar surface area (TPSA) is 129 Å². The minimum absolute atomic E-state index is 0.148. The van der Waals surface area contributed by atoms with Crippen molar-refractivity contribution in [2.45, 2.75) is 63.8 Å². The molecule has 4 atom stereocenters. The van der Waals surface area contributed by atoms with Gasteiger partial charge in [0.15, 0.2) is 0 Å². The lowest BCUT2D eigenvalue weighted by molar-refractivity contribution is -0.149. The Morgan fingerprint density at radius 3 is 2.58 bits per heavy atom. The molecule has 2 aliphatic rings. The van der Waals surface area contributed by atoms with E-state index < -0.39 is 41.2 Å². The number of nitrogens with one attached hydrogen (secondary N) is 1. The van der Waals surface area contributed by atoms with Gasteiger partial charge in [-0.3, -0.25) is 9.69 Å². The minimum atomic E-state index is -1.17. The summed E-state index contributed by atoms with van der Waals surface area (Å²) in [5.74, 6) is -0.769. The summed E-state index contributed by atoms with van der Waals surface area (Å²) in [5, 5.41) is 15.6. The Morgan fingerprint density at radius 1 is 1.25 bits per heavy atom. The van der Waals surface area contributed by atoms with Crippen molar-refractivity contribution >= 4 is 18.0 Å². The maximum Gasteiger partial charge on any atom is 0.411 e. The first-order valence-electron chi connectivity index (χ1n) is 12.0. The Balaban J connectivity index is 1.57. The Bertz CT molecular complexity index is 1140. The third-order valence-electron chi connectivity index (χ3n) is 6.28. The van der Waals surface area contributed by atoms with E-state index in [2.05, 4.69) is 27.3 Å². The number of tetrazole rings is 1. The highest BCUT2D eigenvalue weighted by atomic mass is 16.6. The highest BCUT2D eigenvalue weighted by Gasteiger charge is 2.62. The zero-order valence-electron chi connectivity index (χ0n) is 21.0. The molecule has 2 fully saturated rings. The SMILES string of the molecule is C=CC1C[C@]1(NC(=O)[C@@H]1C[C@@H](n2nnc(-c3ccccc3)n2)CN1C(=O)OC(C)(C)C)C(=O)OCC. The molecule has 1 saturated carbocycles. The monoisotopic (exact) mass is 496 g/mol. The van der Waals surface area contributed by atoms with Crippen LogP contribution in [-0.4, -0.2) is 73.4 Å². The number of likely N-dealkylation sites (tertiary alicyclic amines) is 1. The van der Waals surface area contributed by atoms with Gasteiger partial charge in [0.2, 0.25) is 11.7 Å². The van der Waals surface area contributed by atoms with Gasteiger partial charge >= 0.3 is 12.1 Å². The maximum atomic E-state index is 13.5. The predicted molar refractivity (Wildman–Crippen MR) is 129 cm³/mol. The molecule has 4 rings (SSSR count). The lowest BCUT2D eigenvalue weighted by Gasteiger charge is -2.29. The van der Waals surface area contributed by atoms with Crippen LogP contribution in [0.4, 0.5) is 4.79 Å². The fraction of sp³-hybridized carbons (Fsp3) is 0.520. The first-order chi connectivity index (χ1) is 17.1. The summed E-state index contributed by atoms with van der Waals surface area (Å²) in [6.07, 6.45) is 1.63. The van der Waals surface area contributed by atoms with Gasteiger partial charge in [-0.2, -0.15) is 4.80 Å². The molecule has 192 valence electrons. The zero-order chi connectivity index (χ0) is 26.1. The van der Waals surface area contributed by atoms with Crippen LogP contribution < -0.4 is 5.32 Å². The summed E-state index contributed by atoms with van der Waals surface area (Å²) in [6.45, 7) is 11.1. The van der Waals surface area contributed by atoms with Gasteiger partial charge in [0, 0.05) is 24.4 Å². The van der Waals surface area contributed by atoms with Crippen LogP contribution in [-0.2, 0) is 19.1 Å². The molecule has 1 saturated heterocycles. The van der Waals surface area contributed by atoms with Crippen LogP contribution >= 0.6 is 0 Å². The van der Waals surface area contributed by atoms with E-state index in [9.17, 15) is 14.4 Å². The van der Waals surface area contributed by atoms with E-state index in [0.29, 0.717) is 12.2 Å². The average Bonchev–Trinajstić information content (AvgIpc) is 3.16. The molecule has 11 heteroatoms. The summed E-state index contributed by atoms with van der Waals surface area (Å²) >= 11 is 0. The van der Waals surface area contributed by atoms with Gasteiger partial charge in [-0.25, -0.2) is 9.59 Å². The number of benzene rings is 1. The lowest BCUT2D eigenvalue weighted by atomic mass is 10.1. The van der Waals surface area contributed by atoms with Gasteiger partial charge in [-0.05, 0) is 39.3 Å². The summed E-state index contributed by atoms with van der Waals surface area (Å²) in [6, 6.07) is 8.10. The highest BCUT2D eigenvalue weighted by molar-refractivity contribution is 5.95. The molecule has 1 unspecified atom stereocenters. The predicted octanol–water partition coefficient (Wildman–Crippen LogP) is 2.51. The first-order valence-corrected chi connectivity index (χ1v) is 12.0. The summed E-state index contributed by atoms with van der Waals surface area (Å²) in [4.78, 5) is 42.0. The largest absolute Gasteiger partial charge is 0.464 e. The molecule has 0 radical (unpaired) electrons. The molecule has 2 aromatic rings. The number of carbonyl (C=O) groups excluding carboxylic acids is 3. The van der Waals surface area contributed by atoms with Gasteiger partial charge in [0.25, 0.3) is 0 Å². The van der Waals surface area contributed by atoms with Gasteiger partial charge in [-0.1, -0.05) is 36.4 Å².